The monoisotopic (exact) mass is 238 g/mol. The minimum atomic E-state index is -0.488. The van der Waals surface area contributed by atoms with Crippen molar-refractivity contribution in [3.63, 3.8) is 0 Å². The van der Waals surface area contributed by atoms with Crippen LogP contribution in [0.2, 0.25) is 0 Å². The van der Waals surface area contributed by atoms with E-state index < -0.39 is 4.92 Å². The van der Waals surface area contributed by atoms with E-state index in [0.717, 1.165) is 12.8 Å². The first-order valence-electron chi connectivity index (χ1n) is 5.48. The lowest BCUT2D eigenvalue weighted by molar-refractivity contribution is -0.384. The van der Waals surface area contributed by atoms with Gasteiger partial charge in [0.25, 0.3) is 11.6 Å². The highest BCUT2D eigenvalue weighted by Gasteiger charge is 2.30. The third-order valence-corrected chi connectivity index (χ3v) is 2.65. The van der Waals surface area contributed by atoms with Crippen molar-refractivity contribution in [3.8, 4) is 0 Å². The summed E-state index contributed by atoms with van der Waals surface area (Å²) < 4.78 is 1.68. The molecule has 0 spiro atoms. The van der Waals surface area contributed by atoms with Crippen molar-refractivity contribution < 1.29 is 9.72 Å². The minimum Gasteiger partial charge on any atom is -0.349 e. The highest BCUT2D eigenvalue weighted by atomic mass is 16.6. The number of aromatic nitrogens is 1. The maximum atomic E-state index is 11.8. The van der Waals surface area contributed by atoms with E-state index in [1.54, 1.807) is 4.57 Å². The van der Waals surface area contributed by atoms with Crippen molar-refractivity contribution >= 4 is 11.6 Å². The van der Waals surface area contributed by atoms with Crippen LogP contribution in [-0.4, -0.2) is 28.5 Å². The molecule has 1 heterocycles. The molecule has 1 saturated carbocycles. The molecule has 0 atom stereocenters. The number of hydrogen-bond donors (Lipinski definition) is 2. The summed E-state index contributed by atoms with van der Waals surface area (Å²) in [5.74, 6) is -0.310. The van der Waals surface area contributed by atoms with Crippen LogP contribution in [0.15, 0.2) is 12.3 Å². The second kappa shape index (κ2) is 4.54. The number of amides is 1. The van der Waals surface area contributed by atoms with E-state index in [1.165, 1.54) is 12.3 Å². The largest absolute Gasteiger partial charge is 0.349 e. The van der Waals surface area contributed by atoms with Gasteiger partial charge in [0.05, 0.1) is 11.1 Å². The summed E-state index contributed by atoms with van der Waals surface area (Å²) in [6, 6.07) is 1.53. The third kappa shape index (κ3) is 2.44. The van der Waals surface area contributed by atoms with Gasteiger partial charge in [0, 0.05) is 25.2 Å². The second-order valence-electron chi connectivity index (χ2n) is 4.02. The van der Waals surface area contributed by atoms with E-state index in [0.29, 0.717) is 18.8 Å². The zero-order valence-electron chi connectivity index (χ0n) is 9.26. The summed E-state index contributed by atoms with van der Waals surface area (Å²) in [6.45, 7) is 0.709. The van der Waals surface area contributed by atoms with Crippen LogP contribution < -0.4 is 11.1 Å². The number of rotatable bonds is 5. The van der Waals surface area contributed by atoms with Crippen LogP contribution in [0.25, 0.3) is 0 Å². The first-order valence-corrected chi connectivity index (χ1v) is 5.48. The predicted molar refractivity (Wildman–Crippen MR) is 60.7 cm³/mol. The summed E-state index contributed by atoms with van der Waals surface area (Å²) in [4.78, 5) is 22.0. The van der Waals surface area contributed by atoms with Gasteiger partial charge in [-0.1, -0.05) is 0 Å². The molecule has 1 fully saturated rings. The van der Waals surface area contributed by atoms with E-state index in [4.69, 9.17) is 5.73 Å². The Kier molecular flexibility index (Phi) is 3.10. The molecule has 2 rings (SSSR count). The molecule has 0 aliphatic heterocycles. The molecule has 0 unspecified atom stereocenters. The Hall–Kier alpha value is -1.89. The molecule has 0 radical (unpaired) electrons. The zero-order chi connectivity index (χ0) is 12.4. The standard InChI is InChI=1S/C10H14N4O3/c11-3-4-12-10(15)9-5-8(14(16)17)6-13(9)7-1-2-7/h5-7H,1-4,11H2,(H,12,15). The molecule has 1 aliphatic carbocycles. The maximum Gasteiger partial charge on any atom is 0.287 e. The van der Waals surface area contributed by atoms with Crippen molar-refractivity contribution in [2.45, 2.75) is 18.9 Å². The smallest absolute Gasteiger partial charge is 0.287 e. The molecule has 1 amide bonds. The quantitative estimate of drug-likeness (QED) is 0.573. The number of nitrogens with one attached hydrogen (secondary N) is 1. The van der Waals surface area contributed by atoms with Crippen LogP contribution >= 0.6 is 0 Å². The molecule has 7 heteroatoms. The number of nitro groups is 1. The van der Waals surface area contributed by atoms with Gasteiger partial charge < -0.3 is 15.6 Å². The molecular formula is C10H14N4O3. The van der Waals surface area contributed by atoms with Crippen molar-refractivity contribution in [1.29, 1.82) is 0 Å². The maximum absolute atomic E-state index is 11.8. The molecule has 1 aromatic heterocycles. The minimum absolute atomic E-state index is 0.0465. The predicted octanol–water partition coefficient (Wildman–Crippen LogP) is 0.420. The number of nitrogens with zero attached hydrogens (tertiary/aromatic N) is 2. The second-order valence-corrected chi connectivity index (χ2v) is 4.02. The molecule has 1 aliphatic rings. The van der Waals surface area contributed by atoms with Gasteiger partial charge in [-0.15, -0.1) is 0 Å². The number of carbonyl (C=O) groups excluding carboxylic acids is 1. The highest BCUT2D eigenvalue weighted by Crippen LogP contribution is 2.37. The SMILES string of the molecule is NCCNC(=O)c1cc([N+](=O)[O-])cn1C1CC1. The van der Waals surface area contributed by atoms with E-state index >= 15 is 0 Å². The summed E-state index contributed by atoms with van der Waals surface area (Å²) >= 11 is 0. The van der Waals surface area contributed by atoms with Gasteiger partial charge in [0.1, 0.15) is 5.69 Å². The fourth-order valence-electron chi connectivity index (χ4n) is 1.68. The fraction of sp³-hybridized carbons (Fsp3) is 0.500. The summed E-state index contributed by atoms with van der Waals surface area (Å²) in [5, 5.41) is 13.3. The fourth-order valence-corrected chi connectivity index (χ4v) is 1.68. The molecular weight excluding hydrogens is 224 g/mol. The van der Waals surface area contributed by atoms with E-state index in [-0.39, 0.29) is 17.6 Å². The van der Waals surface area contributed by atoms with Crippen molar-refractivity contribution in [2.24, 2.45) is 5.73 Å². The Labute approximate surface area is 97.7 Å². The van der Waals surface area contributed by atoms with E-state index in [1.807, 2.05) is 0 Å². The third-order valence-electron chi connectivity index (χ3n) is 2.65. The normalized spacial score (nSPS) is 14.6. The van der Waals surface area contributed by atoms with Gasteiger partial charge in [-0.05, 0) is 12.8 Å². The molecule has 0 aromatic carbocycles. The van der Waals surface area contributed by atoms with Crippen molar-refractivity contribution in [2.75, 3.05) is 13.1 Å². The zero-order valence-corrected chi connectivity index (χ0v) is 9.26. The average molecular weight is 238 g/mol. The van der Waals surface area contributed by atoms with E-state index in [2.05, 4.69) is 5.32 Å². The number of nitrogens with two attached hydrogens (primary N) is 1. The lowest BCUT2D eigenvalue weighted by atomic mass is 10.3. The Bertz CT molecular complexity index is 450. The lowest BCUT2D eigenvalue weighted by Crippen LogP contribution is -2.30. The van der Waals surface area contributed by atoms with Gasteiger partial charge in [-0.25, -0.2) is 0 Å². The van der Waals surface area contributed by atoms with Crippen LogP contribution in [0.3, 0.4) is 0 Å². The van der Waals surface area contributed by atoms with Gasteiger partial charge in [-0.3, -0.25) is 14.9 Å². The van der Waals surface area contributed by atoms with E-state index in [9.17, 15) is 14.9 Å². The molecule has 0 bridgehead atoms. The Morgan fingerprint density at radius 3 is 2.88 bits per heavy atom. The first kappa shape index (κ1) is 11.6. The topological polar surface area (TPSA) is 103 Å². The molecule has 7 nitrogen and oxygen atoms in total. The van der Waals surface area contributed by atoms with Gasteiger partial charge >= 0.3 is 0 Å². The van der Waals surface area contributed by atoms with Crippen LogP contribution in [-0.2, 0) is 0 Å². The van der Waals surface area contributed by atoms with Gasteiger partial charge in [-0.2, -0.15) is 0 Å². The Balaban J connectivity index is 2.24. The Morgan fingerprint density at radius 2 is 2.35 bits per heavy atom. The molecule has 3 N–H and O–H groups in total. The van der Waals surface area contributed by atoms with Crippen LogP contribution in [0.1, 0.15) is 29.4 Å². The first-order chi connectivity index (χ1) is 8.13. The highest BCUT2D eigenvalue weighted by molar-refractivity contribution is 5.93. The van der Waals surface area contributed by atoms with Crippen LogP contribution in [0.5, 0.6) is 0 Å². The molecule has 92 valence electrons. The molecule has 17 heavy (non-hydrogen) atoms. The van der Waals surface area contributed by atoms with Crippen LogP contribution in [0, 0.1) is 10.1 Å². The summed E-state index contributed by atoms with van der Waals surface area (Å²) in [6.07, 6.45) is 3.35. The van der Waals surface area contributed by atoms with Crippen molar-refractivity contribution in [1.82, 2.24) is 9.88 Å². The summed E-state index contributed by atoms with van der Waals surface area (Å²) in [7, 11) is 0. The number of hydrogen-bond acceptors (Lipinski definition) is 4. The van der Waals surface area contributed by atoms with Crippen molar-refractivity contribution in [3.05, 3.63) is 28.1 Å². The Morgan fingerprint density at radius 1 is 1.65 bits per heavy atom. The lowest BCUT2D eigenvalue weighted by Gasteiger charge is -2.06. The molecule has 0 saturated heterocycles. The molecule has 1 aromatic rings. The average Bonchev–Trinajstić information content (AvgIpc) is 3.04. The van der Waals surface area contributed by atoms with Gasteiger partial charge in [0.15, 0.2) is 0 Å². The number of carbonyl (C=O) groups is 1. The van der Waals surface area contributed by atoms with Gasteiger partial charge in [0.2, 0.25) is 0 Å². The summed E-state index contributed by atoms with van der Waals surface area (Å²) in [5.41, 5.74) is 5.58. The van der Waals surface area contributed by atoms with Crippen LogP contribution in [0.4, 0.5) is 5.69 Å².